The Morgan fingerprint density at radius 3 is 1.43 bits per heavy atom. The van der Waals surface area contributed by atoms with E-state index in [1.165, 1.54) is 11.5 Å². The Balaban J connectivity index is 0. The molecule has 7 heavy (non-hydrogen) atoms. The maximum atomic E-state index is 2.31. The largest absolute Gasteiger partial charge is 1.00 e. The summed E-state index contributed by atoms with van der Waals surface area (Å²) in [5.74, 6) is 2.72. The number of hydrogen-bond donors (Lipinski definition) is 0. The van der Waals surface area contributed by atoms with E-state index in [1.54, 1.807) is 0 Å². The second-order valence-electron chi connectivity index (χ2n) is 1.36. The van der Waals surface area contributed by atoms with Gasteiger partial charge in [-0.2, -0.15) is 0 Å². The average Bonchev–Trinajstić information content (AvgIpc) is 1.65. The van der Waals surface area contributed by atoms with Gasteiger partial charge in [0.25, 0.3) is 0 Å². The highest BCUT2D eigenvalue weighted by molar-refractivity contribution is 7.96. The first-order chi connectivity index (χ1) is 2.81. The molecular weight excluding hydrogens is 219 g/mol. The van der Waals surface area contributed by atoms with Gasteiger partial charge in [-0.1, -0.05) is 0 Å². The van der Waals surface area contributed by atoms with Gasteiger partial charge in [-0.25, -0.2) is 0 Å². The molecule has 0 atom stereocenters. The minimum Gasteiger partial charge on any atom is -1.00 e. The monoisotopic (exact) mass is 232 g/mol. The third-order valence-corrected chi connectivity index (χ3v) is 2.96. The smallest absolute Gasteiger partial charge is 0.105 e. The molecule has 0 spiro atoms. The topological polar surface area (TPSA) is 0 Å². The van der Waals surface area contributed by atoms with E-state index in [1.807, 2.05) is 0 Å². The molecule has 0 aliphatic heterocycles. The molecule has 0 aliphatic carbocycles. The second-order valence-corrected chi connectivity index (χ2v) is 4.08. The lowest BCUT2D eigenvalue weighted by atomic mass is 11.0. The minimum absolute atomic E-state index is 0. The van der Waals surface area contributed by atoms with Crippen LogP contribution in [0.3, 0.4) is 0 Å². The van der Waals surface area contributed by atoms with Crippen molar-refractivity contribution in [2.45, 2.75) is 13.8 Å². The summed E-state index contributed by atoms with van der Waals surface area (Å²) in [4.78, 5) is 0. The first-order valence-corrected chi connectivity index (χ1v) is 4.37. The number of hydrogen-bond acceptors (Lipinski definition) is 0. The Morgan fingerprint density at radius 2 is 1.43 bits per heavy atom. The van der Waals surface area contributed by atoms with E-state index in [4.69, 9.17) is 0 Å². The van der Waals surface area contributed by atoms with E-state index >= 15 is 0 Å². The van der Waals surface area contributed by atoms with Crippen LogP contribution in [-0.4, -0.2) is 17.8 Å². The van der Waals surface area contributed by atoms with E-state index in [0.717, 1.165) is 0 Å². The summed E-state index contributed by atoms with van der Waals surface area (Å²) in [6.07, 6.45) is 2.31. The third-order valence-electron chi connectivity index (χ3n) is 0.986. The predicted octanol–water partition coefficient (Wildman–Crippen LogP) is -1.72. The average molecular weight is 232 g/mol. The fourth-order valence-corrected chi connectivity index (χ4v) is 0.612. The van der Waals surface area contributed by atoms with Crippen molar-refractivity contribution in [3.63, 3.8) is 0 Å². The van der Waals surface area contributed by atoms with E-state index in [-0.39, 0.29) is 24.0 Å². The summed E-state index contributed by atoms with van der Waals surface area (Å²) in [5, 5.41) is 0. The molecule has 0 aromatic heterocycles. The van der Waals surface area contributed by atoms with Crippen LogP contribution in [-0.2, 0) is 10.9 Å². The van der Waals surface area contributed by atoms with Crippen LogP contribution in [0.5, 0.6) is 0 Å². The minimum atomic E-state index is 0. The fourth-order valence-electron chi connectivity index (χ4n) is 0.204. The van der Waals surface area contributed by atoms with Gasteiger partial charge in [0.15, 0.2) is 0 Å². The lowest BCUT2D eigenvalue weighted by Gasteiger charge is -1.89. The zero-order chi connectivity index (χ0) is 4.99. The van der Waals surface area contributed by atoms with Crippen LogP contribution >= 0.6 is 0 Å². The Morgan fingerprint density at radius 1 is 1.14 bits per heavy atom. The van der Waals surface area contributed by atoms with Crippen molar-refractivity contribution in [2.75, 3.05) is 17.8 Å². The van der Waals surface area contributed by atoms with Crippen LogP contribution in [0.15, 0.2) is 0 Å². The van der Waals surface area contributed by atoms with Crippen LogP contribution in [0.25, 0.3) is 0 Å². The lowest BCUT2D eigenvalue weighted by molar-refractivity contribution is -0.00000147. The van der Waals surface area contributed by atoms with E-state index in [0.29, 0.717) is 10.9 Å². The zero-order valence-corrected chi connectivity index (χ0v) is 8.17. The first kappa shape index (κ1) is 11.0. The summed E-state index contributed by atoms with van der Waals surface area (Å²) in [6, 6.07) is 0. The quantitative estimate of drug-likeness (QED) is 0.392. The summed E-state index contributed by atoms with van der Waals surface area (Å²) < 4.78 is 0. The number of rotatable bonds is 2. The molecule has 46 valence electrons. The molecule has 0 aromatic carbocycles. The Labute approximate surface area is 66.4 Å². The Kier molecular flexibility index (Phi) is 11.1. The Hall–Kier alpha value is 1.08. The maximum Gasteiger partial charge on any atom is 0.105 e. The molecule has 0 bridgehead atoms. The standard InChI is InChI=1S/C5H13S.HI/c1-4-6(3)5-2;/h4-5H2,1-3H3;1H/q+1;/p-1. The Bertz CT molecular complexity index is 27.3. The first-order valence-electron chi connectivity index (χ1n) is 2.40. The van der Waals surface area contributed by atoms with Crippen molar-refractivity contribution in [3.05, 3.63) is 0 Å². The highest BCUT2D eigenvalue weighted by atomic mass is 127. The van der Waals surface area contributed by atoms with Crippen molar-refractivity contribution in [3.8, 4) is 0 Å². The van der Waals surface area contributed by atoms with Gasteiger partial charge in [0.2, 0.25) is 0 Å². The fraction of sp³-hybridized carbons (Fsp3) is 1.00. The van der Waals surface area contributed by atoms with Crippen LogP contribution in [0, 0.1) is 0 Å². The highest BCUT2D eigenvalue weighted by Crippen LogP contribution is 1.85. The normalized spacial score (nSPS) is 8.57. The van der Waals surface area contributed by atoms with Gasteiger partial charge in [0.1, 0.15) is 11.5 Å². The van der Waals surface area contributed by atoms with Crippen molar-refractivity contribution in [2.24, 2.45) is 0 Å². The summed E-state index contributed by atoms with van der Waals surface area (Å²) >= 11 is 0. The second kappa shape index (κ2) is 7.08. The molecule has 0 saturated heterocycles. The molecule has 0 aliphatic rings. The third kappa shape index (κ3) is 7.08. The highest BCUT2D eigenvalue weighted by Gasteiger charge is 1.98. The van der Waals surface area contributed by atoms with Crippen molar-refractivity contribution in [1.82, 2.24) is 0 Å². The van der Waals surface area contributed by atoms with Gasteiger partial charge in [0.05, 0.1) is 6.26 Å². The van der Waals surface area contributed by atoms with Gasteiger partial charge >= 0.3 is 0 Å². The van der Waals surface area contributed by atoms with Gasteiger partial charge in [-0.3, -0.25) is 0 Å². The summed E-state index contributed by atoms with van der Waals surface area (Å²) in [7, 11) is 0.716. The molecule has 0 amide bonds. The molecule has 0 rings (SSSR count). The van der Waals surface area contributed by atoms with Crippen LogP contribution in [0.1, 0.15) is 13.8 Å². The van der Waals surface area contributed by atoms with E-state index in [2.05, 4.69) is 20.1 Å². The molecule has 0 heterocycles. The molecule has 0 aromatic rings. The maximum absolute atomic E-state index is 2.31. The molecule has 0 saturated carbocycles. The molecule has 0 fully saturated rings. The number of halogens is 1. The van der Waals surface area contributed by atoms with Gasteiger partial charge < -0.3 is 24.0 Å². The summed E-state index contributed by atoms with van der Waals surface area (Å²) in [5.41, 5.74) is 0. The molecule has 2 heteroatoms. The van der Waals surface area contributed by atoms with E-state index < -0.39 is 0 Å². The van der Waals surface area contributed by atoms with Crippen LogP contribution in [0.2, 0.25) is 0 Å². The van der Waals surface area contributed by atoms with Gasteiger partial charge in [-0.05, 0) is 24.7 Å². The molecular formula is C5H13IS. The zero-order valence-electron chi connectivity index (χ0n) is 5.20. The SMILES string of the molecule is CC[S+](C)CC.[I-]. The van der Waals surface area contributed by atoms with Crippen LogP contribution < -0.4 is 24.0 Å². The molecule has 0 radical (unpaired) electrons. The van der Waals surface area contributed by atoms with Crippen molar-refractivity contribution < 1.29 is 24.0 Å². The van der Waals surface area contributed by atoms with Gasteiger partial charge in [0, 0.05) is 0 Å². The van der Waals surface area contributed by atoms with E-state index in [9.17, 15) is 0 Å². The predicted molar refractivity (Wildman–Crippen MR) is 34.4 cm³/mol. The lowest BCUT2D eigenvalue weighted by Crippen LogP contribution is -3.00. The molecule has 0 nitrogen and oxygen atoms in total. The van der Waals surface area contributed by atoms with Crippen molar-refractivity contribution >= 4 is 10.9 Å². The summed E-state index contributed by atoms with van der Waals surface area (Å²) in [6.45, 7) is 4.49. The van der Waals surface area contributed by atoms with Gasteiger partial charge in [-0.15, -0.1) is 0 Å². The molecule has 0 N–H and O–H groups in total. The van der Waals surface area contributed by atoms with Crippen LogP contribution in [0.4, 0.5) is 0 Å². The molecule has 0 unspecified atom stereocenters. The van der Waals surface area contributed by atoms with Crippen molar-refractivity contribution in [1.29, 1.82) is 0 Å².